The van der Waals surface area contributed by atoms with Crippen molar-refractivity contribution in [2.75, 3.05) is 6.54 Å². The largest absolute Gasteiger partial charge is 0.311 e. The van der Waals surface area contributed by atoms with E-state index in [4.69, 9.17) is 0 Å². The average Bonchev–Trinajstić information content (AvgIpc) is 2.77. The van der Waals surface area contributed by atoms with Crippen LogP contribution in [0.15, 0.2) is 30.3 Å². The summed E-state index contributed by atoms with van der Waals surface area (Å²) < 4.78 is 0. The van der Waals surface area contributed by atoms with E-state index in [-0.39, 0.29) is 0 Å². The summed E-state index contributed by atoms with van der Waals surface area (Å²) in [4.78, 5) is 0. The van der Waals surface area contributed by atoms with Crippen molar-refractivity contribution in [1.29, 1.82) is 0 Å². The molecule has 0 amide bonds. The SMILES string of the molecule is CC(C)(C)C1(CCc2ccccc2)CCCN1. The Hall–Kier alpha value is -0.820. The van der Waals surface area contributed by atoms with E-state index in [1.165, 1.54) is 37.8 Å². The Morgan fingerprint density at radius 2 is 1.88 bits per heavy atom. The first-order valence-corrected chi connectivity index (χ1v) is 6.82. The smallest absolute Gasteiger partial charge is 0.0233 e. The molecule has 1 saturated heterocycles. The number of benzene rings is 1. The third-order valence-corrected chi connectivity index (χ3v) is 4.36. The van der Waals surface area contributed by atoms with E-state index in [0.717, 1.165) is 0 Å². The topological polar surface area (TPSA) is 12.0 Å². The van der Waals surface area contributed by atoms with Crippen molar-refractivity contribution in [3.05, 3.63) is 35.9 Å². The minimum atomic E-state index is 0.336. The maximum absolute atomic E-state index is 3.78. The number of hydrogen-bond acceptors (Lipinski definition) is 1. The Labute approximate surface area is 106 Å². The molecule has 1 nitrogen and oxygen atoms in total. The van der Waals surface area contributed by atoms with Gasteiger partial charge in [0.15, 0.2) is 0 Å². The third kappa shape index (κ3) is 2.71. The van der Waals surface area contributed by atoms with Gasteiger partial charge in [0, 0.05) is 5.54 Å². The minimum Gasteiger partial charge on any atom is -0.311 e. The van der Waals surface area contributed by atoms with Crippen molar-refractivity contribution in [1.82, 2.24) is 5.32 Å². The Bertz CT molecular complexity index is 342. The molecule has 1 aliphatic heterocycles. The molecule has 1 fully saturated rings. The predicted octanol–water partition coefficient (Wildman–Crippen LogP) is 3.79. The van der Waals surface area contributed by atoms with Gasteiger partial charge in [-0.15, -0.1) is 0 Å². The van der Waals surface area contributed by atoms with Crippen LogP contribution in [-0.4, -0.2) is 12.1 Å². The molecule has 17 heavy (non-hydrogen) atoms. The summed E-state index contributed by atoms with van der Waals surface area (Å²) in [6.07, 6.45) is 5.08. The Balaban J connectivity index is 2.05. The molecule has 0 aliphatic carbocycles. The van der Waals surface area contributed by atoms with Crippen molar-refractivity contribution >= 4 is 0 Å². The molecule has 1 aliphatic rings. The van der Waals surface area contributed by atoms with Crippen LogP contribution in [0.25, 0.3) is 0 Å². The van der Waals surface area contributed by atoms with Gasteiger partial charge in [0.1, 0.15) is 0 Å². The molecule has 1 atom stereocenters. The summed E-state index contributed by atoms with van der Waals surface area (Å²) in [5.41, 5.74) is 2.14. The maximum Gasteiger partial charge on any atom is 0.0233 e. The monoisotopic (exact) mass is 231 g/mol. The fourth-order valence-corrected chi connectivity index (χ4v) is 3.04. The first kappa shape index (κ1) is 12.6. The highest BCUT2D eigenvalue weighted by Crippen LogP contribution is 2.40. The van der Waals surface area contributed by atoms with Gasteiger partial charge in [0.25, 0.3) is 0 Å². The highest BCUT2D eigenvalue weighted by molar-refractivity contribution is 5.16. The summed E-state index contributed by atoms with van der Waals surface area (Å²) in [6, 6.07) is 10.9. The zero-order chi connectivity index (χ0) is 12.4. The molecule has 0 aromatic heterocycles. The summed E-state index contributed by atoms with van der Waals surface area (Å²) in [6.45, 7) is 8.30. The Morgan fingerprint density at radius 1 is 1.18 bits per heavy atom. The second-order valence-electron chi connectivity index (χ2n) is 6.35. The van der Waals surface area contributed by atoms with E-state index in [0.29, 0.717) is 11.0 Å². The lowest BCUT2D eigenvalue weighted by Gasteiger charge is -2.42. The van der Waals surface area contributed by atoms with Crippen LogP contribution in [-0.2, 0) is 6.42 Å². The van der Waals surface area contributed by atoms with Crippen molar-refractivity contribution < 1.29 is 0 Å². The number of nitrogens with one attached hydrogen (secondary N) is 1. The molecular weight excluding hydrogens is 206 g/mol. The van der Waals surface area contributed by atoms with Crippen LogP contribution in [0.4, 0.5) is 0 Å². The van der Waals surface area contributed by atoms with Crippen molar-refractivity contribution in [3.8, 4) is 0 Å². The summed E-state index contributed by atoms with van der Waals surface area (Å²) >= 11 is 0. The molecular formula is C16H25N. The van der Waals surface area contributed by atoms with Gasteiger partial charge in [0.05, 0.1) is 0 Å². The van der Waals surface area contributed by atoms with Crippen LogP contribution in [0.3, 0.4) is 0 Å². The number of aryl methyl sites for hydroxylation is 1. The van der Waals surface area contributed by atoms with Gasteiger partial charge in [-0.3, -0.25) is 0 Å². The van der Waals surface area contributed by atoms with Crippen LogP contribution < -0.4 is 5.32 Å². The third-order valence-electron chi connectivity index (χ3n) is 4.36. The van der Waals surface area contributed by atoms with Crippen molar-refractivity contribution in [3.63, 3.8) is 0 Å². The van der Waals surface area contributed by atoms with Crippen molar-refractivity contribution in [2.45, 2.75) is 52.0 Å². The predicted molar refractivity (Wildman–Crippen MR) is 74.2 cm³/mol. The van der Waals surface area contributed by atoms with Gasteiger partial charge in [-0.1, -0.05) is 51.1 Å². The van der Waals surface area contributed by atoms with E-state index in [2.05, 4.69) is 56.4 Å². The van der Waals surface area contributed by atoms with Crippen LogP contribution in [0.2, 0.25) is 0 Å². The van der Waals surface area contributed by atoms with E-state index < -0.39 is 0 Å². The molecule has 1 heteroatoms. The second kappa shape index (κ2) is 4.81. The summed E-state index contributed by atoms with van der Waals surface area (Å²) in [5, 5.41) is 3.78. The van der Waals surface area contributed by atoms with Crippen LogP contribution in [0.1, 0.15) is 45.6 Å². The minimum absolute atomic E-state index is 0.336. The molecule has 0 saturated carbocycles. The Morgan fingerprint density at radius 3 is 2.41 bits per heavy atom. The van der Waals surface area contributed by atoms with E-state index in [1.807, 2.05) is 0 Å². The first-order valence-electron chi connectivity index (χ1n) is 6.82. The van der Waals surface area contributed by atoms with Crippen LogP contribution in [0, 0.1) is 5.41 Å². The molecule has 1 aromatic rings. The van der Waals surface area contributed by atoms with Crippen molar-refractivity contribution in [2.24, 2.45) is 5.41 Å². The Kier molecular flexibility index (Phi) is 3.58. The number of hydrogen-bond donors (Lipinski definition) is 1. The van der Waals surface area contributed by atoms with Crippen LogP contribution >= 0.6 is 0 Å². The van der Waals surface area contributed by atoms with E-state index >= 15 is 0 Å². The zero-order valence-corrected chi connectivity index (χ0v) is 11.4. The van der Waals surface area contributed by atoms with Gasteiger partial charge in [-0.05, 0) is 43.2 Å². The highest BCUT2D eigenvalue weighted by Gasteiger charge is 2.43. The van der Waals surface area contributed by atoms with Gasteiger partial charge in [-0.2, -0.15) is 0 Å². The molecule has 1 aromatic carbocycles. The first-order chi connectivity index (χ1) is 8.04. The van der Waals surface area contributed by atoms with Crippen LogP contribution in [0.5, 0.6) is 0 Å². The highest BCUT2D eigenvalue weighted by atomic mass is 15.0. The molecule has 0 bridgehead atoms. The summed E-state index contributed by atoms with van der Waals surface area (Å²) in [5.74, 6) is 0. The lowest BCUT2D eigenvalue weighted by molar-refractivity contribution is 0.148. The molecule has 1 unspecified atom stereocenters. The molecule has 1 N–H and O–H groups in total. The normalized spacial score (nSPS) is 25.1. The second-order valence-corrected chi connectivity index (χ2v) is 6.35. The lowest BCUT2D eigenvalue weighted by Crippen LogP contribution is -2.51. The summed E-state index contributed by atoms with van der Waals surface area (Å²) in [7, 11) is 0. The molecule has 0 radical (unpaired) electrons. The fraction of sp³-hybridized carbons (Fsp3) is 0.625. The van der Waals surface area contributed by atoms with Gasteiger partial charge >= 0.3 is 0 Å². The van der Waals surface area contributed by atoms with E-state index in [1.54, 1.807) is 0 Å². The van der Waals surface area contributed by atoms with Gasteiger partial charge in [-0.25, -0.2) is 0 Å². The van der Waals surface area contributed by atoms with E-state index in [9.17, 15) is 0 Å². The average molecular weight is 231 g/mol. The molecule has 1 heterocycles. The molecule has 2 rings (SSSR count). The fourth-order valence-electron chi connectivity index (χ4n) is 3.04. The quantitative estimate of drug-likeness (QED) is 0.834. The standard InChI is InChI=1S/C16H25N/c1-15(2,3)16(11-7-13-17-16)12-10-14-8-5-4-6-9-14/h4-6,8-9,17H,7,10-13H2,1-3H3. The molecule has 94 valence electrons. The molecule has 0 spiro atoms. The van der Waals surface area contributed by atoms with Gasteiger partial charge in [0.2, 0.25) is 0 Å². The maximum atomic E-state index is 3.78. The number of rotatable bonds is 3. The zero-order valence-electron chi connectivity index (χ0n) is 11.4. The lowest BCUT2D eigenvalue weighted by atomic mass is 9.69. The van der Waals surface area contributed by atoms with Gasteiger partial charge < -0.3 is 5.32 Å².